The summed E-state index contributed by atoms with van der Waals surface area (Å²) in [5, 5.41) is 3.17. The van der Waals surface area contributed by atoms with Crippen LogP contribution < -0.4 is 11.1 Å². The number of methoxy groups -OCH3 is 1. The van der Waals surface area contributed by atoms with Crippen LogP contribution in [0.2, 0.25) is 0 Å². The summed E-state index contributed by atoms with van der Waals surface area (Å²) in [5.41, 5.74) is 6.77. The normalized spacial score (nSPS) is 11.9. The van der Waals surface area contributed by atoms with Gasteiger partial charge >= 0.3 is 5.97 Å². The van der Waals surface area contributed by atoms with Crippen LogP contribution in [0.5, 0.6) is 0 Å². The molecule has 0 aliphatic heterocycles. The topological polar surface area (TPSA) is 77.2 Å². The zero-order valence-corrected chi connectivity index (χ0v) is 9.56. The molecule has 5 heteroatoms. The minimum absolute atomic E-state index is 0.161. The maximum atomic E-state index is 11.2. The van der Waals surface area contributed by atoms with E-state index in [0.717, 1.165) is 18.7 Å². The Kier molecular flexibility index (Phi) is 4.72. The second-order valence-corrected chi connectivity index (χ2v) is 3.61. The Balaban J connectivity index is 2.57. The van der Waals surface area contributed by atoms with E-state index in [9.17, 15) is 4.79 Å². The number of carbonyl (C=O) groups is 1. The van der Waals surface area contributed by atoms with Crippen molar-refractivity contribution in [2.24, 2.45) is 5.73 Å². The summed E-state index contributed by atoms with van der Waals surface area (Å²) in [5.74, 6) is -0.434. The van der Waals surface area contributed by atoms with Gasteiger partial charge in [0.15, 0.2) is 0 Å². The Morgan fingerprint density at radius 2 is 2.44 bits per heavy atom. The summed E-state index contributed by atoms with van der Waals surface area (Å²) in [6.07, 6.45) is 2.44. The predicted octanol–water partition coefficient (Wildman–Crippen LogP) is 1.02. The van der Waals surface area contributed by atoms with Gasteiger partial charge in [-0.2, -0.15) is 0 Å². The number of esters is 1. The Morgan fingerprint density at radius 1 is 1.69 bits per heavy atom. The highest BCUT2D eigenvalue weighted by molar-refractivity contribution is 5.88. The second-order valence-electron chi connectivity index (χ2n) is 3.61. The van der Waals surface area contributed by atoms with Crippen LogP contribution in [0, 0.1) is 0 Å². The maximum Gasteiger partial charge on any atom is 0.356 e. The zero-order chi connectivity index (χ0) is 12.0. The number of pyridine rings is 1. The molecular formula is C11H17N3O2. The number of anilines is 1. The van der Waals surface area contributed by atoms with Gasteiger partial charge in [0.1, 0.15) is 5.69 Å². The van der Waals surface area contributed by atoms with Gasteiger partial charge in [0.05, 0.1) is 7.11 Å². The smallest absolute Gasteiger partial charge is 0.356 e. The number of nitrogens with one attached hydrogen (secondary N) is 1. The lowest BCUT2D eigenvalue weighted by Crippen LogP contribution is -2.19. The van der Waals surface area contributed by atoms with Crippen LogP contribution >= 0.6 is 0 Å². The first kappa shape index (κ1) is 12.4. The van der Waals surface area contributed by atoms with Crippen molar-refractivity contribution in [3.05, 3.63) is 24.0 Å². The predicted molar refractivity (Wildman–Crippen MR) is 62.3 cm³/mol. The lowest BCUT2D eigenvalue weighted by molar-refractivity contribution is 0.0594. The Morgan fingerprint density at radius 3 is 3.06 bits per heavy atom. The molecule has 1 aromatic rings. The summed E-state index contributed by atoms with van der Waals surface area (Å²) in [7, 11) is 1.33. The fourth-order valence-electron chi connectivity index (χ4n) is 1.20. The molecule has 0 spiro atoms. The lowest BCUT2D eigenvalue weighted by Gasteiger charge is -2.08. The van der Waals surface area contributed by atoms with Gasteiger partial charge in [-0.3, -0.25) is 0 Å². The Labute approximate surface area is 95.0 Å². The van der Waals surface area contributed by atoms with Gasteiger partial charge in [0.2, 0.25) is 0 Å². The van der Waals surface area contributed by atoms with Crippen LogP contribution in [0.4, 0.5) is 5.69 Å². The first-order chi connectivity index (χ1) is 7.63. The Hall–Kier alpha value is -1.62. The van der Waals surface area contributed by atoms with Gasteiger partial charge in [-0.05, 0) is 25.5 Å². The number of hydrogen-bond donors (Lipinski definition) is 2. The van der Waals surface area contributed by atoms with E-state index in [0.29, 0.717) is 5.69 Å². The largest absolute Gasteiger partial charge is 0.464 e. The van der Waals surface area contributed by atoms with E-state index in [4.69, 9.17) is 5.73 Å². The third kappa shape index (κ3) is 3.86. The molecule has 0 radical (unpaired) electrons. The second kappa shape index (κ2) is 6.07. The lowest BCUT2D eigenvalue weighted by atomic mass is 10.2. The summed E-state index contributed by atoms with van der Waals surface area (Å²) in [6.45, 7) is 2.72. The molecule has 0 aromatic carbocycles. The highest BCUT2D eigenvalue weighted by atomic mass is 16.5. The van der Waals surface area contributed by atoms with E-state index >= 15 is 0 Å². The molecule has 5 nitrogen and oxygen atoms in total. The fraction of sp³-hybridized carbons (Fsp3) is 0.455. The van der Waals surface area contributed by atoms with Crippen LogP contribution in [0.1, 0.15) is 23.8 Å². The van der Waals surface area contributed by atoms with Crippen molar-refractivity contribution in [3.63, 3.8) is 0 Å². The molecular weight excluding hydrogens is 206 g/mol. The van der Waals surface area contributed by atoms with Crippen molar-refractivity contribution >= 4 is 11.7 Å². The first-order valence-corrected chi connectivity index (χ1v) is 5.17. The average molecular weight is 223 g/mol. The third-order valence-electron chi connectivity index (χ3n) is 2.08. The number of ether oxygens (including phenoxy) is 1. The van der Waals surface area contributed by atoms with Gasteiger partial charge < -0.3 is 15.8 Å². The van der Waals surface area contributed by atoms with E-state index in [-0.39, 0.29) is 6.04 Å². The molecule has 0 aliphatic rings. The number of nitrogens with two attached hydrogens (primary N) is 1. The van der Waals surface area contributed by atoms with Crippen LogP contribution in [0.3, 0.4) is 0 Å². The molecule has 0 saturated heterocycles. The molecule has 16 heavy (non-hydrogen) atoms. The highest BCUT2D eigenvalue weighted by Crippen LogP contribution is 2.08. The van der Waals surface area contributed by atoms with E-state index in [1.54, 1.807) is 18.3 Å². The molecule has 1 atom stereocenters. The SMILES string of the molecule is COC(=O)c1cc(NCCC(C)N)ccn1. The number of carbonyl (C=O) groups excluding carboxylic acids is 1. The molecule has 0 fully saturated rings. The number of hydrogen-bond acceptors (Lipinski definition) is 5. The molecule has 1 heterocycles. The summed E-state index contributed by atoms with van der Waals surface area (Å²) >= 11 is 0. The molecule has 0 amide bonds. The van der Waals surface area contributed by atoms with Crippen LogP contribution in [-0.4, -0.2) is 30.6 Å². The van der Waals surface area contributed by atoms with Crippen LogP contribution in [0.15, 0.2) is 18.3 Å². The fourth-order valence-corrected chi connectivity index (χ4v) is 1.20. The van der Waals surface area contributed by atoms with Crippen molar-refractivity contribution < 1.29 is 9.53 Å². The van der Waals surface area contributed by atoms with E-state index < -0.39 is 5.97 Å². The molecule has 1 unspecified atom stereocenters. The van der Waals surface area contributed by atoms with Gasteiger partial charge in [-0.25, -0.2) is 9.78 Å². The van der Waals surface area contributed by atoms with Gasteiger partial charge in [0, 0.05) is 24.5 Å². The standard InChI is InChI=1S/C11H17N3O2/c1-8(12)3-5-13-9-4-6-14-10(7-9)11(15)16-2/h4,6-8H,3,5,12H2,1-2H3,(H,13,14). The van der Waals surface area contributed by atoms with Gasteiger partial charge in [0.25, 0.3) is 0 Å². The molecule has 0 aliphatic carbocycles. The first-order valence-electron chi connectivity index (χ1n) is 5.17. The average Bonchev–Trinajstić information content (AvgIpc) is 2.28. The molecule has 0 bridgehead atoms. The van der Waals surface area contributed by atoms with Crippen LogP contribution in [-0.2, 0) is 4.74 Å². The molecule has 0 saturated carbocycles. The third-order valence-corrected chi connectivity index (χ3v) is 2.08. The quantitative estimate of drug-likeness (QED) is 0.729. The van der Waals surface area contributed by atoms with Gasteiger partial charge in [-0.1, -0.05) is 0 Å². The van der Waals surface area contributed by atoms with Crippen molar-refractivity contribution in [3.8, 4) is 0 Å². The van der Waals surface area contributed by atoms with Gasteiger partial charge in [-0.15, -0.1) is 0 Å². The van der Waals surface area contributed by atoms with Crippen molar-refractivity contribution in [1.82, 2.24) is 4.98 Å². The minimum atomic E-state index is -0.434. The van der Waals surface area contributed by atoms with E-state index in [1.165, 1.54) is 7.11 Å². The summed E-state index contributed by atoms with van der Waals surface area (Å²) in [6, 6.07) is 3.62. The molecule has 1 rings (SSSR count). The van der Waals surface area contributed by atoms with Crippen molar-refractivity contribution in [1.29, 1.82) is 0 Å². The molecule has 88 valence electrons. The highest BCUT2D eigenvalue weighted by Gasteiger charge is 2.06. The van der Waals surface area contributed by atoms with E-state index in [2.05, 4.69) is 15.0 Å². The zero-order valence-electron chi connectivity index (χ0n) is 9.56. The number of rotatable bonds is 5. The minimum Gasteiger partial charge on any atom is -0.464 e. The number of aromatic nitrogens is 1. The Bertz CT molecular complexity index is 353. The monoisotopic (exact) mass is 223 g/mol. The molecule has 1 aromatic heterocycles. The van der Waals surface area contributed by atoms with E-state index in [1.807, 2.05) is 6.92 Å². The summed E-state index contributed by atoms with van der Waals surface area (Å²) < 4.78 is 4.58. The van der Waals surface area contributed by atoms with Crippen molar-refractivity contribution in [2.45, 2.75) is 19.4 Å². The van der Waals surface area contributed by atoms with Crippen LogP contribution in [0.25, 0.3) is 0 Å². The number of nitrogens with zero attached hydrogens (tertiary/aromatic N) is 1. The maximum absolute atomic E-state index is 11.2. The summed E-state index contributed by atoms with van der Waals surface area (Å²) in [4.78, 5) is 15.1. The molecule has 3 N–H and O–H groups in total. The van der Waals surface area contributed by atoms with Crippen molar-refractivity contribution in [2.75, 3.05) is 19.0 Å².